The number of rotatable bonds is 3. The zero-order chi connectivity index (χ0) is 14.5. The van der Waals surface area contributed by atoms with Crippen LogP contribution in [-0.4, -0.2) is 22.8 Å². The van der Waals surface area contributed by atoms with Crippen LogP contribution in [0.1, 0.15) is 25.8 Å². The third kappa shape index (κ3) is 3.47. The van der Waals surface area contributed by atoms with Gasteiger partial charge in [-0.3, -0.25) is 9.69 Å². The Labute approximate surface area is 119 Å². The second kappa shape index (κ2) is 6.37. The van der Waals surface area contributed by atoms with Gasteiger partial charge in [0.2, 0.25) is 0 Å². The van der Waals surface area contributed by atoms with E-state index in [0.29, 0.717) is 6.42 Å². The fraction of sp³-hybridized carbons (Fsp3) is 0.375. The number of hydrogen-bond acceptors (Lipinski definition) is 3. The molecule has 0 aromatic heterocycles. The number of hydrogen-bond donors (Lipinski definition) is 0. The van der Waals surface area contributed by atoms with E-state index in [1.54, 1.807) is 0 Å². The molecule has 1 unspecified atom stereocenters. The lowest BCUT2D eigenvalue weighted by molar-refractivity contribution is -0.116. The SMILES string of the molecule is CC(C)C1CC(=O)C=CN1C(=O)OCc1ccccc1. The summed E-state index contributed by atoms with van der Waals surface area (Å²) in [4.78, 5) is 25.1. The number of ether oxygens (including phenoxy) is 1. The minimum Gasteiger partial charge on any atom is -0.444 e. The van der Waals surface area contributed by atoms with Crippen molar-refractivity contribution in [3.8, 4) is 0 Å². The largest absolute Gasteiger partial charge is 0.444 e. The van der Waals surface area contributed by atoms with Crippen molar-refractivity contribution in [1.82, 2.24) is 4.90 Å². The van der Waals surface area contributed by atoms with Crippen molar-refractivity contribution in [3.63, 3.8) is 0 Å². The first-order valence-electron chi connectivity index (χ1n) is 6.78. The van der Waals surface area contributed by atoms with Gasteiger partial charge in [-0.15, -0.1) is 0 Å². The third-order valence-electron chi connectivity index (χ3n) is 3.37. The average molecular weight is 273 g/mol. The highest BCUT2D eigenvalue weighted by molar-refractivity contribution is 5.92. The van der Waals surface area contributed by atoms with E-state index in [9.17, 15) is 9.59 Å². The molecule has 4 heteroatoms. The molecule has 106 valence electrons. The van der Waals surface area contributed by atoms with E-state index in [4.69, 9.17) is 4.74 Å². The molecular weight excluding hydrogens is 254 g/mol. The predicted octanol–water partition coefficient (Wildman–Crippen LogP) is 3.14. The Balaban J connectivity index is 2.00. The van der Waals surface area contributed by atoms with Crippen LogP contribution >= 0.6 is 0 Å². The van der Waals surface area contributed by atoms with E-state index in [1.807, 2.05) is 44.2 Å². The number of carbonyl (C=O) groups is 2. The van der Waals surface area contributed by atoms with Gasteiger partial charge < -0.3 is 4.74 Å². The summed E-state index contributed by atoms with van der Waals surface area (Å²) in [6, 6.07) is 9.40. The minimum atomic E-state index is -0.406. The molecule has 1 aromatic rings. The summed E-state index contributed by atoms with van der Waals surface area (Å²) in [5.41, 5.74) is 0.944. The molecule has 1 heterocycles. The van der Waals surface area contributed by atoms with Crippen molar-refractivity contribution < 1.29 is 14.3 Å². The van der Waals surface area contributed by atoms with Crippen LogP contribution in [0.4, 0.5) is 4.79 Å². The van der Waals surface area contributed by atoms with Gasteiger partial charge in [0.1, 0.15) is 6.61 Å². The van der Waals surface area contributed by atoms with Gasteiger partial charge in [-0.05, 0) is 17.6 Å². The minimum absolute atomic E-state index is 0.0517. The van der Waals surface area contributed by atoms with Crippen molar-refractivity contribution in [3.05, 3.63) is 48.2 Å². The summed E-state index contributed by atoms with van der Waals surface area (Å²) < 4.78 is 5.31. The molecule has 0 aliphatic carbocycles. The van der Waals surface area contributed by atoms with Crippen LogP contribution in [-0.2, 0) is 16.1 Å². The average Bonchev–Trinajstić information content (AvgIpc) is 2.45. The highest BCUT2D eigenvalue weighted by atomic mass is 16.6. The molecule has 0 fully saturated rings. The topological polar surface area (TPSA) is 46.6 Å². The van der Waals surface area contributed by atoms with Crippen molar-refractivity contribution in [1.29, 1.82) is 0 Å². The van der Waals surface area contributed by atoms with Gasteiger partial charge in [-0.25, -0.2) is 4.79 Å². The number of amides is 1. The standard InChI is InChI=1S/C16H19NO3/c1-12(2)15-10-14(18)8-9-17(15)16(19)20-11-13-6-4-3-5-7-13/h3-9,12,15H,10-11H2,1-2H3. The molecule has 1 aliphatic rings. The first-order valence-corrected chi connectivity index (χ1v) is 6.78. The van der Waals surface area contributed by atoms with Gasteiger partial charge in [0.15, 0.2) is 5.78 Å². The van der Waals surface area contributed by atoms with Gasteiger partial charge >= 0.3 is 6.09 Å². The zero-order valence-corrected chi connectivity index (χ0v) is 11.8. The Morgan fingerprint density at radius 2 is 2.05 bits per heavy atom. The molecule has 0 saturated heterocycles. The summed E-state index contributed by atoms with van der Waals surface area (Å²) in [6.07, 6.45) is 2.91. The lowest BCUT2D eigenvalue weighted by Crippen LogP contribution is -2.43. The highest BCUT2D eigenvalue weighted by Crippen LogP contribution is 2.21. The summed E-state index contributed by atoms with van der Waals surface area (Å²) in [6.45, 7) is 4.23. The van der Waals surface area contributed by atoms with Crippen LogP contribution in [0.5, 0.6) is 0 Å². The molecule has 1 aliphatic heterocycles. The predicted molar refractivity (Wildman–Crippen MR) is 75.9 cm³/mol. The molecule has 1 atom stereocenters. The number of allylic oxidation sites excluding steroid dienone is 1. The van der Waals surface area contributed by atoms with E-state index < -0.39 is 6.09 Å². The van der Waals surface area contributed by atoms with Crippen LogP contribution < -0.4 is 0 Å². The molecule has 0 saturated carbocycles. The van der Waals surface area contributed by atoms with Gasteiger partial charge in [-0.1, -0.05) is 44.2 Å². The maximum Gasteiger partial charge on any atom is 0.414 e. The normalized spacial score (nSPS) is 18.4. The molecule has 20 heavy (non-hydrogen) atoms. The first-order chi connectivity index (χ1) is 9.58. The molecule has 2 rings (SSSR count). The number of ketones is 1. The molecule has 0 radical (unpaired) electrons. The van der Waals surface area contributed by atoms with Crippen LogP contribution in [0.2, 0.25) is 0 Å². The molecule has 0 N–H and O–H groups in total. The molecule has 4 nitrogen and oxygen atoms in total. The summed E-state index contributed by atoms with van der Waals surface area (Å²) in [5.74, 6) is 0.254. The molecule has 1 aromatic carbocycles. The Bertz CT molecular complexity index is 508. The lowest BCUT2D eigenvalue weighted by atomic mass is 9.95. The van der Waals surface area contributed by atoms with Crippen molar-refractivity contribution in [2.45, 2.75) is 32.9 Å². The number of benzene rings is 1. The maximum absolute atomic E-state index is 12.1. The fourth-order valence-corrected chi connectivity index (χ4v) is 2.19. The van der Waals surface area contributed by atoms with Crippen molar-refractivity contribution in [2.75, 3.05) is 0 Å². The summed E-state index contributed by atoms with van der Waals surface area (Å²) in [7, 11) is 0. The molecular formula is C16H19NO3. The summed E-state index contributed by atoms with van der Waals surface area (Å²) >= 11 is 0. The van der Waals surface area contributed by atoms with Crippen LogP contribution in [0, 0.1) is 5.92 Å². The van der Waals surface area contributed by atoms with Gasteiger partial charge in [0, 0.05) is 18.7 Å². The second-order valence-electron chi connectivity index (χ2n) is 5.24. The lowest BCUT2D eigenvalue weighted by Gasteiger charge is -2.32. The maximum atomic E-state index is 12.1. The highest BCUT2D eigenvalue weighted by Gasteiger charge is 2.30. The number of carbonyl (C=O) groups excluding carboxylic acids is 2. The number of nitrogens with zero attached hydrogens (tertiary/aromatic N) is 1. The van der Waals surface area contributed by atoms with Crippen LogP contribution in [0.3, 0.4) is 0 Å². The Kier molecular flexibility index (Phi) is 4.56. The van der Waals surface area contributed by atoms with E-state index in [2.05, 4.69) is 0 Å². The molecule has 1 amide bonds. The van der Waals surface area contributed by atoms with Crippen molar-refractivity contribution >= 4 is 11.9 Å². The van der Waals surface area contributed by atoms with E-state index in [0.717, 1.165) is 5.56 Å². The first kappa shape index (κ1) is 14.3. The van der Waals surface area contributed by atoms with Crippen LogP contribution in [0.15, 0.2) is 42.6 Å². The molecule has 0 bridgehead atoms. The molecule has 0 spiro atoms. The quantitative estimate of drug-likeness (QED) is 0.850. The summed E-state index contributed by atoms with van der Waals surface area (Å²) in [5, 5.41) is 0. The third-order valence-corrected chi connectivity index (χ3v) is 3.37. The van der Waals surface area contributed by atoms with E-state index >= 15 is 0 Å². The zero-order valence-electron chi connectivity index (χ0n) is 11.8. The second-order valence-corrected chi connectivity index (χ2v) is 5.24. The Hall–Kier alpha value is -2.10. The monoisotopic (exact) mass is 273 g/mol. The van der Waals surface area contributed by atoms with E-state index in [-0.39, 0.29) is 24.3 Å². The van der Waals surface area contributed by atoms with Gasteiger partial charge in [-0.2, -0.15) is 0 Å². The Morgan fingerprint density at radius 3 is 2.70 bits per heavy atom. The van der Waals surface area contributed by atoms with Gasteiger partial charge in [0.05, 0.1) is 0 Å². The fourth-order valence-electron chi connectivity index (χ4n) is 2.19. The van der Waals surface area contributed by atoms with Crippen molar-refractivity contribution in [2.24, 2.45) is 5.92 Å². The van der Waals surface area contributed by atoms with E-state index in [1.165, 1.54) is 17.2 Å². The van der Waals surface area contributed by atoms with Gasteiger partial charge in [0.25, 0.3) is 0 Å². The smallest absolute Gasteiger partial charge is 0.414 e. The van der Waals surface area contributed by atoms with Crippen LogP contribution in [0.25, 0.3) is 0 Å². The Morgan fingerprint density at radius 1 is 1.35 bits per heavy atom.